The van der Waals surface area contributed by atoms with Crippen LogP contribution in [0.5, 0.6) is 0 Å². The molecule has 11 heavy (non-hydrogen) atoms. The number of nitrogens with zero attached hydrogens (tertiary/aromatic N) is 1. The van der Waals surface area contributed by atoms with Crippen LogP contribution >= 0.6 is 0 Å². The second-order valence-corrected chi connectivity index (χ2v) is 4.07. The van der Waals surface area contributed by atoms with E-state index in [1.54, 1.807) is 0 Å². The van der Waals surface area contributed by atoms with E-state index >= 15 is 0 Å². The molecule has 3 aliphatic rings. The summed E-state index contributed by atoms with van der Waals surface area (Å²) in [6.45, 7) is 0.690. The third-order valence-corrected chi connectivity index (χ3v) is 3.68. The molecule has 0 amide bonds. The minimum atomic E-state index is 0.230. The summed E-state index contributed by atoms with van der Waals surface area (Å²) in [4.78, 5) is 4.98. The van der Waals surface area contributed by atoms with Crippen LogP contribution in [0.1, 0.15) is 19.3 Å². The summed E-state index contributed by atoms with van der Waals surface area (Å²) in [5.41, 5.74) is 0. The molecule has 3 nitrogen and oxygen atoms in total. The van der Waals surface area contributed by atoms with Gasteiger partial charge in [-0.1, -0.05) is 0 Å². The van der Waals surface area contributed by atoms with E-state index in [0.29, 0.717) is 18.4 Å². The van der Waals surface area contributed by atoms with Gasteiger partial charge in [-0.2, -0.15) is 0 Å². The van der Waals surface area contributed by atoms with Gasteiger partial charge in [0.15, 0.2) is 0 Å². The van der Waals surface area contributed by atoms with Crippen LogP contribution in [0.3, 0.4) is 0 Å². The molecule has 1 aliphatic heterocycles. The van der Waals surface area contributed by atoms with Crippen LogP contribution < -0.4 is 0 Å². The topological polar surface area (TPSA) is 35.5 Å². The Morgan fingerprint density at radius 2 is 2.09 bits per heavy atom. The quantitative estimate of drug-likeness (QED) is 0.525. The van der Waals surface area contributed by atoms with Gasteiger partial charge >= 0.3 is 0 Å². The van der Waals surface area contributed by atoms with Crippen LogP contribution in [-0.2, 0) is 4.84 Å². The summed E-state index contributed by atoms with van der Waals surface area (Å²) in [6.07, 6.45) is 3.88. The van der Waals surface area contributed by atoms with Gasteiger partial charge in [0, 0.05) is 12.0 Å². The molecule has 0 aromatic heterocycles. The maximum absolute atomic E-state index is 11.1. The lowest BCUT2D eigenvalue weighted by Gasteiger charge is -2.32. The largest absolute Gasteiger partial charge is 0.762 e. The van der Waals surface area contributed by atoms with Crippen molar-refractivity contribution in [2.75, 3.05) is 6.61 Å². The Kier molecular flexibility index (Phi) is 1.15. The van der Waals surface area contributed by atoms with Crippen molar-refractivity contribution in [3.63, 3.8) is 0 Å². The number of hydrogen-bond acceptors (Lipinski definition) is 3. The molecular formula is C8H12NO2-. The first-order valence-electron chi connectivity index (χ1n) is 4.45. The lowest BCUT2D eigenvalue weighted by atomic mass is 9.86. The normalized spacial score (nSPS) is 55.4. The molecule has 1 heterocycles. The van der Waals surface area contributed by atoms with Gasteiger partial charge in [-0.25, -0.2) is 0 Å². The van der Waals surface area contributed by atoms with Gasteiger partial charge in [0.2, 0.25) is 0 Å². The van der Waals surface area contributed by atoms with E-state index in [4.69, 9.17) is 4.84 Å². The average molecular weight is 154 g/mol. The van der Waals surface area contributed by atoms with E-state index in [9.17, 15) is 5.21 Å². The minimum absolute atomic E-state index is 0.230. The Labute approximate surface area is 65.9 Å². The van der Waals surface area contributed by atoms with Crippen LogP contribution in [-0.4, -0.2) is 17.9 Å². The van der Waals surface area contributed by atoms with Crippen LogP contribution in [0, 0.1) is 23.0 Å². The van der Waals surface area contributed by atoms with E-state index in [1.165, 1.54) is 19.3 Å². The van der Waals surface area contributed by atoms with Crippen molar-refractivity contribution in [3.05, 3.63) is 5.21 Å². The fourth-order valence-electron chi connectivity index (χ4n) is 3.19. The van der Waals surface area contributed by atoms with Gasteiger partial charge < -0.3 is 10.0 Å². The van der Waals surface area contributed by atoms with Gasteiger partial charge in [0.05, 0.1) is 6.61 Å². The Morgan fingerprint density at radius 3 is 2.91 bits per heavy atom. The molecular weight excluding hydrogens is 142 g/mol. The zero-order chi connectivity index (χ0) is 7.42. The standard InChI is InChI=1S/C8H12NO2/c10-9-8-6-2-1-5(3-6)7(8)4-11-9/h5-8H,1-4H2/q-1. The van der Waals surface area contributed by atoms with Gasteiger partial charge in [-0.15, -0.1) is 0 Å². The highest BCUT2D eigenvalue weighted by Crippen LogP contribution is 2.52. The molecule has 1 saturated heterocycles. The highest BCUT2D eigenvalue weighted by Gasteiger charge is 2.51. The molecule has 0 spiro atoms. The van der Waals surface area contributed by atoms with Gasteiger partial charge in [0.25, 0.3) is 0 Å². The predicted molar refractivity (Wildman–Crippen MR) is 39.3 cm³/mol. The van der Waals surface area contributed by atoms with Crippen molar-refractivity contribution >= 4 is 0 Å². The summed E-state index contributed by atoms with van der Waals surface area (Å²) in [5, 5.41) is 12.0. The molecule has 62 valence electrons. The maximum Gasteiger partial charge on any atom is 0.0719 e. The third kappa shape index (κ3) is 0.687. The van der Waals surface area contributed by atoms with Crippen molar-refractivity contribution in [3.8, 4) is 0 Å². The van der Waals surface area contributed by atoms with Crippen LogP contribution in [0.25, 0.3) is 0 Å². The molecule has 4 unspecified atom stereocenters. The van der Waals surface area contributed by atoms with Gasteiger partial charge in [0.1, 0.15) is 0 Å². The number of hydrogen-bond donors (Lipinski definition) is 0. The first-order valence-corrected chi connectivity index (χ1v) is 4.45. The number of hydroxylamine groups is 2. The predicted octanol–water partition coefficient (Wildman–Crippen LogP) is 1.15. The first-order chi connectivity index (χ1) is 5.36. The molecule has 3 rings (SSSR count). The number of fused-ring (bicyclic) bond motifs is 5. The summed E-state index contributed by atoms with van der Waals surface area (Å²) < 4.78 is 0. The Morgan fingerprint density at radius 1 is 1.27 bits per heavy atom. The SMILES string of the molecule is [O-]N1OCC2C3CCC(C3)C21. The summed E-state index contributed by atoms with van der Waals surface area (Å²) in [6, 6.07) is 0.230. The highest BCUT2D eigenvalue weighted by atomic mass is 16.9. The maximum atomic E-state index is 11.1. The lowest BCUT2D eigenvalue weighted by molar-refractivity contribution is -0.0977. The fourth-order valence-corrected chi connectivity index (χ4v) is 3.19. The smallest absolute Gasteiger partial charge is 0.0719 e. The molecule has 2 saturated carbocycles. The zero-order valence-electron chi connectivity index (χ0n) is 6.40. The molecule has 2 bridgehead atoms. The molecule has 3 fully saturated rings. The second-order valence-electron chi connectivity index (χ2n) is 4.07. The van der Waals surface area contributed by atoms with E-state index in [0.717, 1.165) is 11.1 Å². The molecule has 0 aromatic rings. The highest BCUT2D eigenvalue weighted by molar-refractivity contribution is 5.02. The van der Waals surface area contributed by atoms with Crippen molar-refractivity contribution in [2.24, 2.45) is 17.8 Å². The lowest BCUT2D eigenvalue weighted by Crippen LogP contribution is -2.32. The number of rotatable bonds is 0. The summed E-state index contributed by atoms with van der Waals surface area (Å²) in [7, 11) is 0. The fraction of sp³-hybridized carbons (Fsp3) is 1.00. The van der Waals surface area contributed by atoms with Gasteiger partial charge in [-0.05, 0) is 31.1 Å². The van der Waals surface area contributed by atoms with Gasteiger partial charge in [-0.3, -0.25) is 5.23 Å². The van der Waals surface area contributed by atoms with E-state index < -0.39 is 0 Å². The Bertz CT molecular complexity index is 185. The Hall–Kier alpha value is -0.120. The van der Waals surface area contributed by atoms with Crippen LogP contribution in [0.2, 0.25) is 0 Å². The second kappa shape index (κ2) is 1.97. The average Bonchev–Trinajstić information content (AvgIpc) is 2.60. The molecule has 3 heteroatoms. The van der Waals surface area contributed by atoms with E-state index in [-0.39, 0.29) is 6.04 Å². The Balaban J connectivity index is 1.91. The molecule has 0 N–H and O–H groups in total. The van der Waals surface area contributed by atoms with Crippen molar-refractivity contribution in [1.29, 1.82) is 0 Å². The van der Waals surface area contributed by atoms with Crippen LogP contribution in [0.4, 0.5) is 0 Å². The molecule has 4 atom stereocenters. The monoisotopic (exact) mass is 154 g/mol. The molecule has 0 aromatic carbocycles. The molecule has 2 aliphatic carbocycles. The van der Waals surface area contributed by atoms with Crippen LogP contribution in [0.15, 0.2) is 0 Å². The third-order valence-electron chi connectivity index (χ3n) is 3.68. The van der Waals surface area contributed by atoms with E-state index in [2.05, 4.69) is 0 Å². The molecule has 0 radical (unpaired) electrons. The van der Waals surface area contributed by atoms with Crippen molar-refractivity contribution in [1.82, 2.24) is 5.23 Å². The zero-order valence-corrected chi connectivity index (χ0v) is 6.40. The van der Waals surface area contributed by atoms with Crippen molar-refractivity contribution < 1.29 is 4.84 Å². The van der Waals surface area contributed by atoms with E-state index in [1.807, 2.05) is 0 Å². The minimum Gasteiger partial charge on any atom is -0.762 e. The summed E-state index contributed by atoms with van der Waals surface area (Å²) >= 11 is 0. The first kappa shape index (κ1) is 6.40. The van der Waals surface area contributed by atoms with Crippen molar-refractivity contribution in [2.45, 2.75) is 25.3 Å². The summed E-state index contributed by atoms with van der Waals surface area (Å²) in [5.74, 6) is 2.04.